The van der Waals surface area contributed by atoms with Crippen molar-refractivity contribution in [2.45, 2.75) is 25.6 Å². The van der Waals surface area contributed by atoms with E-state index in [-0.39, 0.29) is 36.9 Å². The van der Waals surface area contributed by atoms with Crippen LogP contribution in [0.4, 0.5) is 15.1 Å². The molecule has 1 unspecified atom stereocenters. The molecule has 1 fully saturated rings. The number of benzene rings is 1. The molecule has 13 nitrogen and oxygen atoms in total. The summed E-state index contributed by atoms with van der Waals surface area (Å²) < 4.78 is 25.0. The molecule has 192 valence electrons. The average Bonchev–Trinajstić information content (AvgIpc) is 2.81. The van der Waals surface area contributed by atoms with E-state index in [0.717, 1.165) is 5.71 Å². The van der Waals surface area contributed by atoms with Gasteiger partial charge in [0.05, 0.1) is 24.9 Å². The molecule has 0 radical (unpaired) electrons. The predicted octanol–water partition coefficient (Wildman–Crippen LogP) is 0.875. The van der Waals surface area contributed by atoms with Gasteiger partial charge in [0.15, 0.2) is 5.96 Å². The molecule has 2 amide bonds. The van der Waals surface area contributed by atoms with Gasteiger partial charge in [0, 0.05) is 42.6 Å². The third-order valence-electron chi connectivity index (χ3n) is 5.15. The first-order chi connectivity index (χ1) is 17.3. The van der Waals surface area contributed by atoms with Crippen molar-refractivity contribution in [1.29, 1.82) is 5.41 Å². The van der Waals surface area contributed by atoms with Gasteiger partial charge in [0.2, 0.25) is 11.9 Å². The van der Waals surface area contributed by atoms with E-state index in [1.165, 1.54) is 25.6 Å². The zero-order valence-corrected chi connectivity index (χ0v) is 19.6. The quantitative estimate of drug-likeness (QED) is 0.196. The van der Waals surface area contributed by atoms with Gasteiger partial charge in [-0.05, 0) is 6.42 Å². The number of nitrogens with two attached hydrogens (primary N) is 2. The summed E-state index contributed by atoms with van der Waals surface area (Å²) in [6.45, 7) is 0.811. The van der Waals surface area contributed by atoms with Gasteiger partial charge in [-0.1, -0.05) is 23.4 Å². The second-order valence-electron chi connectivity index (χ2n) is 7.84. The van der Waals surface area contributed by atoms with Gasteiger partial charge in [-0.2, -0.15) is 0 Å². The number of amides is 2. The lowest BCUT2D eigenvalue weighted by Crippen LogP contribution is -2.48. The first-order valence-corrected chi connectivity index (χ1v) is 10.9. The van der Waals surface area contributed by atoms with Crippen LogP contribution in [-0.2, 0) is 25.7 Å². The van der Waals surface area contributed by atoms with Crippen molar-refractivity contribution in [1.82, 2.24) is 15.3 Å². The fourth-order valence-corrected chi connectivity index (χ4v) is 3.20. The maximum atomic E-state index is 14.9. The highest BCUT2D eigenvalue weighted by Gasteiger charge is 2.25. The molecule has 0 aliphatic carbocycles. The molecule has 2 aromatic rings. The molecule has 1 aliphatic rings. The zero-order chi connectivity index (χ0) is 26.1. The second-order valence-corrected chi connectivity index (χ2v) is 7.84. The van der Waals surface area contributed by atoms with E-state index in [0.29, 0.717) is 31.0 Å². The summed E-state index contributed by atoms with van der Waals surface area (Å²) >= 11 is 0. The summed E-state index contributed by atoms with van der Waals surface area (Å²) in [7, 11) is 1.53. The number of hydrogen-bond donors (Lipinski definition) is 4. The number of primary amides is 1. The Morgan fingerprint density at radius 1 is 1.28 bits per heavy atom. The Morgan fingerprint density at radius 2 is 2.00 bits per heavy atom. The molecule has 3 rings (SSSR count). The standard InChI is InChI=1S/C22H27FN8O5/c1-34-16(5-6-18(24)32)12-36-30-15-9-31(10-15)21-27-7-14(8-28-21)17-4-2-3-13(19(17)23)11-35-22(33)29-20(25)26/h2-4,7-8,16H,5-6,9-12H2,1H3,(H2,24,32)(H4,25,26,29,33). The van der Waals surface area contributed by atoms with Crippen LogP contribution in [0.1, 0.15) is 18.4 Å². The number of hydrogen-bond acceptors (Lipinski definition) is 10. The largest absolute Gasteiger partial charge is 0.444 e. The Kier molecular flexibility index (Phi) is 9.05. The molecular weight excluding hydrogens is 475 g/mol. The van der Waals surface area contributed by atoms with Crippen LogP contribution < -0.4 is 21.7 Å². The summed E-state index contributed by atoms with van der Waals surface area (Å²) in [5, 5.41) is 13.0. The number of ether oxygens (including phenoxy) is 2. The Hall–Kier alpha value is -4.33. The van der Waals surface area contributed by atoms with Crippen LogP contribution in [0.5, 0.6) is 0 Å². The topological polar surface area (TPSA) is 191 Å². The fraction of sp³-hybridized carbons (Fsp3) is 0.364. The third kappa shape index (κ3) is 7.33. The van der Waals surface area contributed by atoms with Crippen LogP contribution in [-0.4, -0.2) is 66.5 Å². The van der Waals surface area contributed by atoms with Crippen molar-refractivity contribution in [3.05, 3.63) is 42.0 Å². The number of nitrogens with one attached hydrogen (secondary N) is 2. The molecule has 1 aromatic carbocycles. The van der Waals surface area contributed by atoms with Crippen molar-refractivity contribution >= 4 is 29.6 Å². The van der Waals surface area contributed by atoms with Crippen LogP contribution in [0.15, 0.2) is 35.7 Å². The third-order valence-corrected chi connectivity index (χ3v) is 5.15. The minimum atomic E-state index is -0.954. The highest BCUT2D eigenvalue weighted by Crippen LogP contribution is 2.26. The van der Waals surface area contributed by atoms with E-state index in [4.69, 9.17) is 31.2 Å². The normalized spacial score (nSPS) is 13.4. The number of alkyl carbamates (subject to hydrolysis) is 1. The molecule has 0 bridgehead atoms. The van der Waals surface area contributed by atoms with Crippen LogP contribution in [0.3, 0.4) is 0 Å². The fourth-order valence-electron chi connectivity index (χ4n) is 3.20. The molecule has 6 N–H and O–H groups in total. The monoisotopic (exact) mass is 502 g/mol. The van der Waals surface area contributed by atoms with Crippen molar-refractivity contribution in [2.75, 3.05) is 31.7 Å². The molecule has 1 saturated heterocycles. The van der Waals surface area contributed by atoms with Gasteiger partial charge in [-0.3, -0.25) is 15.5 Å². The van der Waals surface area contributed by atoms with Crippen LogP contribution in [0.25, 0.3) is 11.1 Å². The minimum Gasteiger partial charge on any atom is -0.444 e. The Labute approximate surface area is 206 Å². The van der Waals surface area contributed by atoms with E-state index in [1.54, 1.807) is 12.1 Å². The lowest BCUT2D eigenvalue weighted by molar-refractivity contribution is -0.118. The van der Waals surface area contributed by atoms with Gasteiger partial charge >= 0.3 is 6.09 Å². The molecule has 36 heavy (non-hydrogen) atoms. The molecule has 1 atom stereocenters. The summed E-state index contributed by atoms with van der Waals surface area (Å²) in [5.41, 5.74) is 11.8. The number of carbonyl (C=O) groups excluding carboxylic acids is 2. The molecule has 1 aliphatic heterocycles. The van der Waals surface area contributed by atoms with E-state index in [2.05, 4.69) is 15.1 Å². The SMILES string of the molecule is COC(CCC(N)=O)CON=C1CN(c2ncc(-c3cccc(COC(=O)NC(=N)N)c3F)cn2)C1. The summed E-state index contributed by atoms with van der Waals surface area (Å²) in [4.78, 5) is 38.1. The van der Waals surface area contributed by atoms with Gasteiger partial charge in [0.1, 0.15) is 19.0 Å². The number of methoxy groups -OCH3 is 1. The number of nitrogens with zero attached hydrogens (tertiary/aromatic N) is 4. The number of anilines is 1. The van der Waals surface area contributed by atoms with E-state index >= 15 is 0 Å². The Morgan fingerprint density at radius 3 is 2.64 bits per heavy atom. The average molecular weight is 503 g/mol. The number of carbonyl (C=O) groups is 2. The summed E-state index contributed by atoms with van der Waals surface area (Å²) in [5.74, 6) is -1.10. The maximum Gasteiger partial charge on any atom is 0.414 e. The smallest absolute Gasteiger partial charge is 0.414 e. The summed E-state index contributed by atoms with van der Waals surface area (Å²) in [6, 6.07) is 4.66. The van der Waals surface area contributed by atoms with Gasteiger partial charge in [-0.25, -0.2) is 19.2 Å². The lowest BCUT2D eigenvalue weighted by Gasteiger charge is -2.32. The Balaban J connectivity index is 1.52. The highest BCUT2D eigenvalue weighted by atomic mass is 19.1. The number of halogens is 1. The molecule has 0 saturated carbocycles. The molecule has 14 heteroatoms. The van der Waals surface area contributed by atoms with Gasteiger partial charge in [-0.15, -0.1) is 0 Å². The van der Waals surface area contributed by atoms with Crippen molar-refractivity contribution in [3.8, 4) is 11.1 Å². The lowest BCUT2D eigenvalue weighted by atomic mass is 10.1. The summed E-state index contributed by atoms with van der Waals surface area (Å²) in [6.07, 6.45) is 2.43. The van der Waals surface area contributed by atoms with E-state index in [9.17, 15) is 14.0 Å². The first-order valence-electron chi connectivity index (χ1n) is 10.9. The second kappa shape index (κ2) is 12.4. The van der Waals surface area contributed by atoms with E-state index in [1.807, 2.05) is 10.2 Å². The Bertz CT molecular complexity index is 1120. The molecule has 0 spiro atoms. The number of guanidine groups is 1. The van der Waals surface area contributed by atoms with E-state index < -0.39 is 23.8 Å². The molecule has 2 heterocycles. The predicted molar refractivity (Wildman–Crippen MR) is 127 cm³/mol. The van der Waals surface area contributed by atoms with Crippen molar-refractivity contribution in [2.24, 2.45) is 16.6 Å². The van der Waals surface area contributed by atoms with Crippen molar-refractivity contribution < 1.29 is 28.3 Å². The minimum absolute atomic E-state index is 0.143. The number of rotatable bonds is 11. The zero-order valence-electron chi connectivity index (χ0n) is 19.6. The van der Waals surface area contributed by atoms with Gasteiger partial charge < -0.3 is 30.7 Å². The molecular formula is C22H27FN8O5. The molecule has 1 aromatic heterocycles. The highest BCUT2D eigenvalue weighted by molar-refractivity contribution is 5.98. The first kappa shape index (κ1) is 26.3. The number of oxime groups is 1. The van der Waals surface area contributed by atoms with Crippen molar-refractivity contribution in [3.63, 3.8) is 0 Å². The van der Waals surface area contributed by atoms with Crippen LogP contribution in [0, 0.1) is 11.2 Å². The number of aromatic nitrogens is 2. The van der Waals surface area contributed by atoms with Crippen LogP contribution >= 0.6 is 0 Å². The maximum absolute atomic E-state index is 14.9. The van der Waals surface area contributed by atoms with Crippen LogP contribution in [0.2, 0.25) is 0 Å². The van der Waals surface area contributed by atoms with Gasteiger partial charge in [0.25, 0.3) is 0 Å².